The molecule has 1 saturated heterocycles. The SMILES string of the molecule is CN=C(N)N[C@@H](CCO)c1c(CCC2=CNC(N)C=C2)cc2c(c1O)C(=O)c1c(O[C@@H]3O[C@H](CO)[C@](O)(C[C@H](CN4C(=O)C=CC4=O)C4=CCNC(N)=C4)[C@H](O)[C@H]3O)cc(OC)c(CO)c1C2=O. The van der Waals surface area contributed by atoms with Crippen molar-refractivity contribution in [2.24, 2.45) is 28.1 Å². The van der Waals surface area contributed by atoms with E-state index in [4.69, 9.17) is 31.4 Å². The lowest BCUT2D eigenvalue weighted by Gasteiger charge is -2.49. The van der Waals surface area contributed by atoms with Gasteiger partial charge in [-0.05, 0) is 60.6 Å². The van der Waals surface area contributed by atoms with E-state index >= 15 is 4.79 Å². The predicted molar refractivity (Wildman–Crippen MR) is 241 cm³/mol. The minimum Gasteiger partial charge on any atom is -0.507 e. The first-order chi connectivity index (χ1) is 32.5. The molecule has 8 atom stereocenters. The Labute approximate surface area is 389 Å². The summed E-state index contributed by atoms with van der Waals surface area (Å²) in [4.78, 5) is 60.0. The van der Waals surface area contributed by atoms with Crippen LogP contribution in [0.15, 0.2) is 76.7 Å². The molecule has 4 heterocycles. The number of phenols is 1. The molecular weight excluding hydrogens is 889 g/mol. The average molecular weight is 945 g/mol. The number of carbonyl (C=O) groups excluding carboxylic acids is 4. The molecule has 0 saturated carbocycles. The molecule has 22 heteroatoms. The summed E-state index contributed by atoms with van der Waals surface area (Å²) in [5.74, 6) is -5.04. The van der Waals surface area contributed by atoms with Crippen molar-refractivity contribution in [2.75, 3.05) is 40.5 Å². The van der Waals surface area contributed by atoms with Crippen molar-refractivity contribution in [3.8, 4) is 17.2 Å². The van der Waals surface area contributed by atoms with Crippen LogP contribution in [0.2, 0.25) is 0 Å². The van der Waals surface area contributed by atoms with E-state index < -0.39 is 121 Å². The number of aryl methyl sites for hydroxylation is 1. The summed E-state index contributed by atoms with van der Waals surface area (Å²) >= 11 is 0. The van der Waals surface area contributed by atoms with Crippen LogP contribution in [-0.4, -0.2) is 147 Å². The number of rotatable bonds is 17. The molecule has 0 spiro atoms. The largest absolute Gasteiger partial charge is 0.507 e. The Morgan fingerprint density at radius 3 is 2.40 bits per heavy atom. The van der Waals surface area contributed by atoms with Gasteiger partial charge < -0.3 is 83.1 Å². The molecule has 22 nitrogen and oxygen atoms in total. The molecule has 0 bridgehead atoms. The van der Waals surface area contributed by atoms with E-state index in [-0.39, 0.29) is 65.7 Å². The van der Waals surface area contributed by atoms with Crippen molar-refractivity contribution in [2.45, 2.75) is 74.7 Å². The number of methoxy groups -OCH3 is 1. The number of imide groups is 1. The molecule has 364 valence electrons. The zero-order chi connectivity index (χ0) is 49.2. The highest BCUT2D eigenvalue weighted by atomic mass is 16.7. The highest BCUT2D eigenvalue weighted by Gasteiger charge is 2.57. The minimum atomic E-state index is -2.49. The fraction of sp³-hybridized carbons (Fsp3) is 0.413. The van der Waals surface area contributed by atoms with Crippen molar-refractivity contribution >= 4 is 29.3 Å². The maximum atomic E-state index is 15.0. The van der Waals surface area contributed by atoms with E-state index in [1.807, 2.05) is 6.08 Å². The number of benzene rings is 2. The Morgan fingerprint density at radius 1 is 1.04 bits per heavy atom. The normalized spacial score (nSPS) is 25.4. The second-order valence-corrected chi connectivity index (χ2v) is 16.9. The molecule has 0 radical (unpaired) electrons. The maximum absolute atomic E-state index is 15.0. The zero-order valence-electron chi connectivity index (χ0n) is 37.2. The third-order valence-corrected chi connectivity index (χ3v) is 12.8. The number of nitrogens with zero attached hydrogens (tertiary/aromatic N) is 2. The molecule has 2 aromatic carbocycles. The highest BCUT2D eigenvalue weighted by Crippen LogP contribution is 2.47. The summed E-state index contributed by atoms with van der Waals surface area (Å²) in [6.45, 7) is -2.24. The third-order valence-electron chi connectivity index (χ3n) is 12.8. The van der Waals surface area contributed by atoms with E-state index in [0.29, 0.717) is 17.6 Å². The molecule has 7 rings (SSSR count). The maximum Gasteiger partial charge on any atom is 0.253 e. The van der Waals surface area contributed by atoms with Gasteiger partial charge >= 0.3 is 0 Å². The molecule has 5 aliphatic rings. The number of fused-ring (bicyclic) bond motifs is 2. The smallest absolute Gasteiger partial charge is 0.253 e. The molecule has 2 amide bonds. The highest BCUT2D eigenvalue weighted by molar-refractivity contribution is 6.31. The number of allylic oxidation sites excluding steroid dienone is 3. The number of aliphatic hydroxyl groups is 6. The Morgan fingerprint density at radius 2 is 1.78 bits per heavy atom. The standard InChI is InChI=1S/C46H56N8O14/c1-50-45(49)53-27(10-12-55)35-23(5-3-21-4-6-31(47)52-17-21)13-25-37(40(35)61)41(62)38-29(15-28(66-2)26(19-56)36(38)39(25)60)67-44-42(63)43(64)46(65,30(20-57)68-44)16-24(22-9-11-51-32(48)14-22)18-54-33(58)7-8-34(54)59/h4,6-9,13-15,17,24,27,30-31,42-44,51-52,55-57,61,63-65H,3,5,10-12,16,18-20,47-48H2,1-2H3,(H3,49,50,53)/t24-,27+,30-,31?,42-,43-,44-,46-/m1/s1. The fourth-order valence-corrected chi connectivity index (χ4v) is 9.26. The van der Waals surface area contributed by atoms with Gasteiger partial charge in [-0.1, -0.05) is 12.2 Å². The van der Waals surface area contributed by atoms with Crippen molar-refractivity contribution in [3.63, 3.8) is 0 Å². The van der Waals surface area contributed by atoms with Crippen LogP contribution in [0.1, 0.15) is 73.8 Å². The molecule has 0 aromatic heterocycles. The monoisotopic (exact) mass is 944 g/mol. The molecule has 1 fully saturated rings. The van der Waals surface area contributed by atoms with E-state index in [1.54, 1.807) is 18.4 Å². The number of hydrogen-bond donors (Lipinski definition) is 13. The number of nitrogens with one attached hydrogen (secondary N) is 3. The summed E-state index contributed by atoms with van der Waals surface area (Å²) in [5, 5.41) is 88.4. The van der Waals surface area contributed by atoms with Crippen LogP contribution in [0.25, 0.3) is 0 Å². The van der Waals surface area contributed by atoms with Crippen LogP contribution in [0.5, 0.6) is 17.2 Å². The van der Waals surface area contributed by atoms with Gasteiger partial charge in [0.15, 0.2) is 11.7 Å². The minimum absolute atomic E-state index is 0.0306. The van der Waals surface area contributed by atoms with Crippen LogP contribution in [0, 0.1) is 5.92 Å². The number of phenolic OH excluding ortho intramolecular Hbond substituents is 1. The topological polar surface area (TPSA) is 367 Å². The van der Waals surface area contributed by atoms with Gasteiger partial charge in [0.1, 0.15) is 41.2 Å². The lowest BCUT2D eigenvalue weighted by molar-refractivity contribution is -0.316. The number of amides is 2. The Balaban J connectivity index is 1.28. The Kier molecular flexibility index (Phi) is 14.7. The summed E-state index contributed by atoms with van der Waals surface area (Å²) in [6.07, 6.45) is 2.29. The predicted octanol–water partition coefficient (Wildman–Crippen LogP) is -2.30. The van der Waals surface area contributed by atoms with Crippen LogP contribution in [-0.2, 0) is 27.4 Å². The van der Waals surface area contributed by atoms with Crippen LogP contribution in [0.3, 0.4) is 0 Å². The van der Waals surface area contributed by atoms with Crippen molar-refractivity contribution in [1.29, 1.82) is 0 Å². The number of aliphatic hydroxyl groups excluding tert-OH is 5. The molecule has 4 aliphatic heterocycles. The summed E-state index contributed by atoms with van der Waals surface area (Å²) in [7, 11) is 2.65. The number of aromatic hydroxyl groups is 1. The van der Waals surface area contributed by atoms with Gasteiger partial charge in [0.25, 0.3) is 11.8 Å². The van der Waals surface area contributed by atoms with Gasteiger partial charge in [-0.15, -0.1) is 0 Å². The number of nitrogens with two attached hydrogens (primary N) is 3. The second kappa shape index (κ2) is 20.3. The first-order valence-electron chi connectivity index (χ1n) is 21.8. The van der Waals surface area contributed by atoms with E-state index in [2.05, 4.69) is 20.9 Å². The van der Waals surface area contributed by atoms with E-state index in [0.717, 1.165) is 28.7 Å². The van der Waals surface area contributed by atoms with Gasteiger partial charge in [-0.2, -0.15) is 0 Å². The van der Waals surface area contributed by atoms with E-state index in [9.17, 15) is 50.1 Å². The van der Waals surface area contributed by atoms with Crippen LogP contribution >= 0.6 is 0 Å². The molecule has 1 unspecified atom stereocenters. The fourth-order valence-electron chi connectivity index (χ4n) is 9.26. The lowest BCUT2D eigenvalue weighted by atomic mass is 9.75. The molecule has 1 aliphatic carbocycles. The van der Waals surface area contributed by atoms with Crippen LogP contribution < -0.4 is 42.6 Å². The zero-order valence-corrected chi connectivity index (χ0v) is 37.2. The van der Waals surface area contributed by atoms with Gasteiger partial charge in [-0.25, -0.2) is 0 Å². The lowest BCUT2D eigenvalue weighted by Crippen LogP contribution is -2.68. The van der Waals surface area contributed by atoms with E-state index in [1.165, 1.54) is 26.3 Å². The second-order valence-electron chi connectivity index (χ2n) is 16.9. The number of hydrogen-bond acceptors (Lipinski definition) is 19. The summed E-state index contributed by atoms with van der Waals surface area (Å²) < 4.78 is 17.7. The quantitative estimate of drug-likeness (QED) is 0.0384. The molecule has 16 N–H and O–H groups in total. The number of aliphatic imine (C=N–C) groups is 1. The van der Waals surface area contributed by atoms with Crippen molar-refractivity contribution in [1.82, 2.24) is 20.9 Å². The molecule has 2 aromatic rings. The van der Waals surface area contributed by atoms with Crippen molar-refractivity contribution < 1.29 is 69.1 Å². The third kappa shape index (κ3) is 9.31. The summed E-state index contributed by atoms with van der Waals surface area (Å²) in [6, 6.07) is 1.65. The van der Waals surface area contributed by atoms with Crippen molar-refractivity contribution in [3.05, 3.63) is 111 Å². The Bertz CT molecular complexity index is 2530. The number of carbonyl (C=O) groups is 4. The first-order valence-corrected chi connectivity index (χ1v) is 21.8. The van der Waals surface area contributed by atoms with Gasteiger partial charge in [0, 0.05) is 79.3 Å². The first kappa shape index (κ1) is 49.3. The average Bonchev–Trinajstić information content (AvgIpc) is 3.64. The number of dihydropyridines is 2. The van der Waals surface area contributed by atoms with Crippen LogP contribution in [0.4, 0.5) is 0 Å². The number of ether oxygens (including phenoxy) is 3. The van der Waals surface area contributed by atoms with Gasteiger partial charge in [0.2, 0.25) is 12.1 Å². The Hall–Kier alpha value is -6.63. The van der Waals surface area contributed by atoms with Gasteiger partial charge in [0.05, 0.1) is 49.5 Å². The molecular formula is C46H56N8O14. The molecule has 68 heavy (non-hydrogen) atoms. The summed E-state index contributed by atoms with van der Waals surface area (Å²) in [5.41, 5.74) is 15.7. The number of ketones is 2. The van der Waals surface area contributed by atoms with Gasteiger partial charge in [-0.3, -0.25) is 29.1 Å². The number of guanidine groups is 1.